The third-order valence-electron chi connectivity index (χ3n) is 0.807. The minimum atomic E-state index is -0.776. The maximum atomic E-state index is 10.2. The van der Waals surface area contributed by atoms with Gasteiger partial charge < -0.3 is 15.2 Å². The van der Waals surface area contributed by atoms with Crippen LogP contribution in [-0.2, 0) is 9.47 Å². The van der Waals surface area contributed by atoms with Crippen molar-refractivity contribution in [1.29, 1.82) is 0 Å². The number of primary amides is 1. The Morgan fingerprint density at radius 3 is 2.70 bits per heavy atom. The molecule has 5 heteroatoms. The number of amides is 1. The Kier molecular flexibility index (Phi) is 5.33. The molecule has 0 aromatic carbocycles. The third kappa shape index (κ3) is 4.58. The summed E-state index contributed by atoms with van der Waals surface area (Å²) in [4.78, 5) is 10.2. The number of carbonyl (C=O) groups excluding carboxylic acids is 1. The van der Waals surface area contributed by atoms with Crippen LogP contribution < -0.4 is 5.73 Å². The fourth-order valence-electron chi connectivity index (χ4n) is 0.460. The van der Waals surface area contributed by atoms with Crippen molar-refractivity contribution in [2.45, 2.75) is 6.10 Å². The van der Waals surface area contributed by atoms with Crippen LogP contribution in [0.2, 0.25) is 0 Å². The molecule has 0 heterocycles. The third-order valence-corrected chi connectivity index (χ3v) is 1.53. The normalized spacial score (nSPS) is 12.6. The quantitative estimate of drug-likeness (QED) is 0.690. The Labute approximate surface area is 67.8 Å². The van der Waals surface area contributed by atoms with E-state index < -0.39 is 6.09 Å². The van der Waals surface area contributed by atoms with E-state index in [0.29, 0.717) is 11.9 Å². The predicted octanol–water partition coefficient (Wildman–Crippen LogP) is 0.492. The van der Waals surface area contributed by atoms with Crippen LogP contribution in [-0.4, -0.2) is 31.2 Å². The van der Waals surface area contributed by atoms with Crippen molar-refractivity contribution in [2.75, 3.05) is 19.0 Å². The summed E-state index contributed by atoms with van der Waals surface area (Å²) >= 11 is 3.13. The maximum Gasteiger partial charge on any atom is 0.404 e. The molecule has 0 bridgehead atoms. The molecule has 0 radical (unpaired) electrons. The van der Waals surface area contributed by atoms with Crippen LogP contribution in [0, 0.1) is 0 Å². The summed E-state index contributed by atoms with van der Waals surface area (Å²) in [5, 5.41) is 0.532. The van der Waals surface area contributed by atoms with E-state index in [0.717, 1.165) is 0 Å². The topological polar surface area (TPSA) is 61.6 Å². The molecule has 2 N–H and O–H groups in total. The number of methoxy groups -OCH3 is 1. The van der Waals surface area contributed by atoms with E-state index in [1.54, 1.807) is 0 Å². The number of rotatable bonds is 4. The number of hydrogen-bond donors (Lipinski definition) is 1. The second-order valence-electron chi connectivity index (χ2n) is 1.67. The van der Waals surface area contributed by atoms with Crippen molar-refractivity contribution in [3.05, 3.63) is 0 Å². The molecule has 0 fully saturated rings. The lowest BCUT2D eigenvalue weighted by Gasteiger charge is -2.11. The minimum Gasteiger partial charge on any atom is -0.443 e. The van der Waals surface area contributed by atoms with Crippen LogP contribution in [0.4, 0.5) is 4.79 Å². The highest BCUT2D eigenvalue weighted by molar-refractivity contribution is 9.09. The second-order valence-corrected chi connectivity index (χ2v) is 2.32. The van der Waals surface area contributed by atoms with Gasteiger partial charge >= 0.3 is 6.09 Å². The summed E-state index contributed by atoms with van der Waals surface area (Å²) in [6.45, 7) is 0.355. The largest absolute Gasteiger partial charge is 0.443 e. The molecule has 0 aliphatic rings. The van der Waals surface area contributed by atoms with Crippen LogP contribution in [0.3, 0.4) is 0 Å². The summed E-state index contributed by atoms with van der Waals surface area (Å²) in [5.74, 6) is 0. The zero-order chi connectivity index (χ0) is 7.98. The first-order valence-electron chi connectivity index (χ1n) is 2.71. The molecular weight excluding hydrogens is 202 g/mol. The molecule has 10 heavy (non-hydrogen) atoms. The van der Waals surface area contributed by atoms with E-state index in [2.05, 4.69) is 20.7 Å². The molecule has 0 rings (SSSR count). The number of nitrogens with two attached hydrogens (primary N) is 1. The van der Waals surface area contributed by atoms with Crippen LogP contribution >= 0.6 is 15.9 Å². The minimum absolute atomic E-state index is 0.289. The Bertz CT molecular complexity index is 109. The molecule has 1 atom stereocenters. The van der Waals surface area contributed by atoms with Gasteiger partial charge in [-0.25, -0.2) is 4.79 Å². The predicted molar refractivity (Wildman–Crippen MR) is 40.1 cm³/mol. The van der Waals surface area contributed by atoms with Crippen LogP contribution in [0.1, 0.15) is 0 Å². The first-order chi connectivity index (χ1) is 4.70. The average molecular weight is 212 g/mol. The van der Waals surface area contributed by atoms with Gasteiger partial charge in [-0.15, -0.1) is 0 Å². The van der Waals surface area contributed by atoms with Crippen molar-refractivity contribution in [2.24, 2.45) is 5.73 Å². The Morgan fingerprint density at radius 1 is 1.80 bits per heavy atom. The Morgan fingerprint density at radius 2 is 2.40 bits per heavy atom. The second kappa shape index (κ2) is 5.49. The average Bonchev–Trinajstić information content (AvgIpc) is 1.86. The van der Waals surface area contributed by atoms with Gasteiger partial charge in [0.1, 0.15) is 6.10 Å². The zero-order valence-electron chi connectivity index (χ0n) is 5.67. The number of alkyl halides is 1. The van der Waals surface area contributed by atoms with E-state index in [-0.39, 0.29) is 6.10 Å². The van der Waals surface area contributed by atoms with Crippen molar-refractivity contribution < 1.29 is 14.3 Å². The van der Waals surface area contributed by atoms with Gasteiger partial charge in [-0.1, -0.05) is 15.9 Å². The molecule has 0 spiro atoms. The first kappa shape index (κ1) is 9.71. The van der Waals surface area contributed by atoms with E-state index >= 15 is 0 Å². The molecule has 4 nitrogen and oxygen atoms in total. The van der Waals surface area contributed by atoms with Gasteiger partial charge in [-0.05, 0) is 0 Å². The lowest BCUT2D eigenvalue weighted by molar-refractivity contribution is 0.0570. The number of ether oxygens (including phenoxy) is 2. The smallest absolute Gasteiger partial charge is 0.404 e. The van der Waals surface area contributed by atoms with Crippen LogP contribution in [0.15, 0.2) is 0 Å². The lowest BCUT2D eigenvalue weighted by atomic mass is 10.4. The summed E-state index contributed by atoms with van der Waals surface area (Å²) in [5.41, 5.74) is 4.76. The van der Waals surface area contributed by atoms with Crippen LogP contribution in [0.25, 0.3) is 0 Å². The molecule has 60 valence electrons. The van der Waals surface area contributed by atoms with Gasteiger partial charge in [-0.3, -0.25) is 0 Å². The molecule has 0 aromatic heterocycles. The number of hydrogen-bond acceptors (Lipinski definition) is 3. The van der Waals surface area contributed by atoms with E-state index in [4.69, 9.17) is 10.5 Å². The summed E-state index contributed by atoms with van der Waals surface area (Å²) < 4.78 is 9.34. The first-order valence-corrected chi connectivity index (χ1v) is 3.83. The van der Waals surface area contributed by atoms with Gasteiger partial charge in [0.15, 0.2) is 0 Å². The molecule has 0 aliphatic carbocycles. The highest BCUT2D eigenvalue weighted by Crippen LogP contribution is 1.97. The van der Waals surface area contributed by atoms with Crippen molar-refractivity contribution in [3.8, 4) is 0 Å². The number of halogens is 1. The van der Waals surface area contributed by atoms with Crippen LogP contribution in [0.5, 0.6) is 0 Å². The van der Waals surface area contributed by atoms with Crippen molar-refractivity contribution >= 4 is 22.0 Å². The molecule has 0 saturated carbocycles. The lowest BCUT2D eigenvalue weighted by Crippen LogP contribution is -2.27. The highest BCUT2D eigenvalue weighted by atomic mass is 79.9. The fraction of sp³-hybridized carbons (Fsp3) is 0.800. The summed E-state index contributed by atoms with van der Waals surface area (Å²) in [6, 6.07) is 0. The molecule has 0 aromatic rings. The Balaban J connectivity index is 3.49. The van der Waals surface area contributed by atoms with Crippen molar-refractivity contribution in [1.82, 2.24) is 0 Å². The van der Waals surface area contributed by atoms with E-state index in [1.807, 2.05) is 0 Å². The molecule has 0 saturated heterocycles. The van der Waals surface area contributed by atoms with E-state index in [1.165, 1.54) is 7.11 Å². The van der Waals surface area contributed by atoms with Gasteiger partial charge in [0, 0.05) is 12.4 Å². The summed E-state index contributed by atoms with van der Waals surface area (Å²) in [6.07, 6.45) is -1.07. The maximum absolute atomic E-state index is 10.2. The van der Waals surface area contributed by atoms with Gasteiger partial charge in [0.25, 0.3) is 0 Å². The fourth-order valence-corrected chi connectivity index (χ4v) is 0.779. The number of carbonyl (C=O) groups is 1. The van der Waals surface area contributed by atoms with Gasteiger partial charge in [0.2, 0.25) is 0 Å². The Hall–Kier alpha value is -0.290. The van der Waals surface area contributed by atoms with E-state index in [9.17, 15) is 4.79 Å². The van der Waals surface area contributed by atoms with Crippen molar-refractivity contribution in [3.63, 3.8) is 0 Å². The zero-order valence-corrected chi connectivity index (χ0v) is 7.26. The SMILES string of the molecule is COC[C@H](CBr)OC(N)=O. The summed E-state index contributed by atoms with van der Waals surface area (Å²) in [7, 11) is 1.53. The molecule has 1 amide bonds. The molecule has 0 unspecified atom stereocenters. The molecule has 0 aliphatic heterocycles. The van der Waals surface area contributed by atoms with Gasteiger partial charge in [0.05, 0.1) is 6.61 Å². The molecular formula is C5H10BrNO3. The monoisotopic (exact) mass is 211 g/mol. The standard InChI is InChI=1S/C5H10BrNO3/c1-9-3-4(2-6)10-5(7)8/h4H,2-3H2,1H3,(H2,7,8)/t4-/m0/s1. The van der Waals surface area contributed by atoms with Gasteiger partial charge in [-0.2, -0.15) is 0 Å². The highest BCUT2D eigenvalue weighted by Gasteiger charge is 2.09.